The lowest BCUT2D eigenvalue weighted by Crippen LogP contribution is -2.36. The van der Waals surface area contributed by atoms with Gasteiger partial charge in [-0.15, -0.1) is 0 Å². The van der Waals surface area contributed by atoms with Crippen LogP contribution >= 0.6 is 0 Å². The van der Waals surface area contributed by atoms with Crippen LogP contribution in [0.3, 0.4) is 0 Å². The van der Waals surface area contributed by atoms with Gasteiger partial charge in [0, 0.05) is 13.1 Å². The molecule has 0 radical (unpaired) electrons. The molecule has 7 nitrogen and oxygen atoms in total. The highest BCUT2D eigenvalue weighted by Gasteiger charge is 2.31. The first-order valence-electron chi connectivity index (χ1n) is 11.0. The first-order valence-corrected chi connectivity index (χ1v) is 11.0. The lowest BCUT2D eigenvalue weighted by Gasteiger charge is -2.27. The average Bonchev–Trinajstić information content (AvgIpc) is 3.39. The van der Waals surface area contributed by atoms with Crippen molar-refractivity contribution in [3.05, 3.63) is 58.5 Å². The molecule has 2 aliphatic rings. The molecule has 2 aromatic carbocycles. The summed E-state index contributed by atoms with van der Waals surface area (Å²) in [7, 11) is 0. The third kappa shape index (κ3) is 3.48. The zero-order chi connectivity index (χ0) is 21.4. The second kappa shape index (κ2) is 8.13. The molecule has 0 aliphatic carbocycles. The van der Waals surface area contributed by atoms with Crippen molar-refractivity contribution < 1.29 is 14.3 Å². The normalized spacial score (nSPS) is 18.0. The smallest absolute Gasteiger partial charge is 0.329 e. The molecule has 0 bridgehead atoms. The quantitative estimate of drug-likeness (QED) is 0.634. The molecule has 1 saturated heterocycles. The number of amides is 1. The number of nitrogens with zero attached hydrogens (tertiary/aromatic N) is 3. The van der Waals surface area contributed by atoms with Crippen LogP contribution in [0, 0.1) is 0 Å². The summed E-state index contributed by atoms with van der Waals surface area (Å²) < 4.78 is 14.7. The Morgan fingerprint density at radius 2 is 1.77 bits per heavy atom. The van der Waals surface area contributed by atoms with E-state index >= 15 is 0 Å². The summed E-state index contributed by atoms with van der Waals surface area (Å²) in [5, 5.41) is 0. The Balaban J connectivity index is 1.43. The Labute approximate surface area is 180 Å². The minimum absolute atomic E-state index is 0.0111. The van der Waals surface area contributed by atoms with Crippen molar-refractivity contribution in [2.75, 3.05) is 19.8 Å². The van der Waals surface area contributed by atoms with E-state index in [-0.39, 0.29) is 24.2 Å². The largest absolute Gasteiger partial charge is 0.486 e. The summed E-state index contributed by atoms with van der Waals surface area (Å²) in [6.07, 6.45) is 2.70. The third-order valence-corrected chi connectivity index (χ3v) is 6.19. The Kier molecular flexibility index (Phi) is 5.18. The first-order chi connectivity index (χ1) is 15.2. The van der Waals surface area contributed by atoms with Crippen molar-refractivity contribution in [3.63, 3.8) is 0 Å². The molecule has 1 aromatic heterocycles. The molecule has 0 spiro atoms. The molecule has 3 heterocycles. The molecular formula is C24H27N3O4. The van der Waals surface area contributed by atoms with E-state index in [0.717, 1.165) is 47.4 Å². The van der Waals surface area contributed by atoms with Crippen molar-refractivity contribution >= 4 is 16.9 Å². The molecule has 7 heteroatoms. The van der Waals surface area contributed by atoms with Crippen LogP contribution in [0.5, 0.6) is 11.5 Å². The minimum atomic E-state index is -0.119. The summed E-state index contributed by atoms with van der Waals surface area (Å²) >= 11 is 0. The number of aromatic nitrogens is 2. The van der Waals surface area contributed by atoms with Crippen molar-refractivity contribution in [1.29, 1.82) is 0 Å². The number of benzene rings is 2. The van der Waals surface area contributed by atoms with Crippen LogP contribution in [-0.4, -0.2) is 39.7 Å². The minimum Gasteiger partial charge on any atom is -0.486 e. The maximum absolute atomic E-state index is 13.4. The second-order valence-electron chi connectivity index (χ2n) is 8.16. The van der Waals surface area contributed by atoms with Gasteiger partial charge in [0.1, 0.15) is 19.8 Å². The van der Waals surface area contributed by atoms with Crippen LogP contribution in [0.1, 0.15) is 37.8 Å². The molecule has 162 valence electrons. The average molecular weight is 421 g/mol. The molecule has 1 atom stereocenters. The highest BCUT2D eigenvalue weighted by molar-refractivity contribution is 5.81. The number of carbonyl (C=O) groups excluding carboxylic acids is 1. The van der Waals surface area contributed by atoms with Crippen LogP contribution in [0.15, 0.2) is 47.3 Å². The van der Waals surface area contributed by atoms with Crippen molar-refractivity contribution in [2.45, 2.75) is 45.3 Å². The standard InChI is InChI=1S/C24H27N3O4/c1-2-11-26-19-6-3-4-7-20(19)27(24(26)29)16-23(28)25-12-5-8-18(25)17-9-10-21-22(15-17)31-14-13-30-21/h3-4,6-7,9-10,15,18H,2,5,8,11-14,16H2,1H3/t18-/m1/s1. The topological polar surface area (TPSA) is 65.7 Å². The number of fused-ring (bicyclic) bond motifs is 2. The van der Waals surface area contributed by atoms with Crippen LogP contribution in [-0.2, 0) is 17.9 Å². The van der Waals surface area contributed by atoms with Gasteiger partial charge < -0.3 is 14.4 Å². The zero-order valence-corrected chi connectivity index (χ0v) is 17.8. The molecule has 0 unspecified atom stereocenters. The Morgan fingerprint density at radius 3 is 2.55 bits per heavy atom. The van der Waals surface area contributed by atoms with E-state index in [4.69, 9.17) is 9.47 Å². The van der Waals surface area contributed by atoms with Gasteiger partial charge in [0.15, 0.2) is 11.5 Å². The van der Waals surface area contributed by atoms with E-state index in [2.05, 4.69) is 0 Å². The number of imidazole rings is 1. The number of aryl methyl sites for hydroxylation is 1. The Morgan fingerprint density at radius 1 is 1.03 bits per heavy atom. The molecule has 1 fully saturated rings. The van der Waals surface area contributed by atoms with Gasteiger partial charge in [-0.3, -0.25) is 13.9 Å². The van der Waals surface area contributed by atoms with Crippen LogP contribution in [0.2, 0.25) is 0 Å². The number of para-hydroxylation sites is 2. The van der Waals surface area contributed by atoms with Crippen LogP contribution < -0.4 is 15.2 Å². The molecular weight excluding hydrogens is 394 g/mol. The van der Waals surface area contributed by atoms with E-state index in [1.165, 1.54) is 0 Å². The fourth-order valence-corrected chi connectivity index (χ4v) is 4.77. The fraction of sp³-hybridized carbons (Fsp3) is 0.417. The molecule has 5 rings (SSSR count). The molecule has 0 N–H and O–H groups in total. The molecule has 3 aromatic rings. The van der Waals surface area contributed by atoms with Gasteiger partial charge >= 0.3 is 5.69 Å². The number of likely N-dealkylation sites (tertiary alicyclic amines) is 1. The number of rotatable bonds is 5. The molecule has 1 amide bonds. The van der Waals surface area contributed by atoms with Crippen LogP contribution in [0.25, 0.3) is 11.0 Å². The van der Waals surface area contributed by atoms with Gasteiger partial charge in [-0.25, -0.2) is 4.79 Å². The molecule has 0 saturated carbocycles. The van der Waals surface area contributed by atoms with Gasteiger partial charge in [0.25, 0.3) is 0 Å². The van der Waals surface area contributed by atoms with E-state index in [1.807, 2.05) is 54.3 Å². The predicted molar refractivity (Wildman–Crippen MR) is 118 cm³/mol. The monoisotopic (exact) mass is 421 g/mol. The van der Waals surface area contributed by atoms with E-state index in [0.29, 0.717) is 26.3 Å². The van der Waals surface area contributed by atoms with Crippen LogP contribution in [0.4, 0.5) is 0 Å². The maximum atomic E-state index is 13.4. The van der Waals surface area contributed by atoms with E-state index in [1.54, 1.807) is 9.13 Å². The highest BCUT2D eigenvalue weighted by atomic mass is 16.6. The third-order valence-electron chi connectivity index (χ3n) is 6.19. The molecule has 2 aliphatic heterocycles. The van der Waals surface area contributed by atoms with Gasteiger partial charge in [-0.1, -0.05) is 25.1 Å². The fourth-order valence-electron chi connectivity index (χ4n) is 4.77. The van der Waals surface area contributed by atoms with E-state index in [9.17, 15) is 9.59 Å². The lowest BCUT2D eigenvalue weighted by atomic mass is 10.0. The van der Waals surface area contributed by atoms with Gasteiger partial charge in [-0.2, -0.15) is 0 Å². The number of hydrogen-bond acceptors (Lipinski definition) is 4. The maximum Gasteiger partial charge on any atom is 0.329 e. The van der Waals surface area contributed by atoms with Gasteiger partial charge in [-0.05, 0) is 49.1 Å². The SMILES string of the molecule is CCCn1c(=O)n(CC(=O)N2CCC[C@@H]2c2ccc3c(c2)OCCO3)c2ccccc21. The van der Waals surface area contributed by atoms with Gasteiger partial charge in [0.05, 0.1) is 17.1 Å². The van der Waals surface area contributed by atoms with E-state index < -0.39 is 0 Å². The van der Waals surface area contributed by atoms with Crippen molar-refractivity contribution in [1.82, 2.24) is 14.0 Å². The summed E-state index contributed by atoms with van der Waals surface area (Å²) in [5.41, 5.74) is 2.62. The summed E-state index contributed by atoms with van der Waals surface area (Å²) in [6, 6.07) is 13.6. The Bertz CT molecular complexity index is 1180. The summed E-state index contributed by atoms with van der Waals surface area (Å²) in [6.45, 7) is 4.53. The number of hydrogen-bond donors (Lipinski definition) is 0. The highest BCUT2D eigenvalue weighted by Crippen LogP contribution is 2.38. The summed E-state index contributed by atoms with van der Waals surface area (Å²) in [5.74, 6) is 1.46. The van der Waals surface area contributed by atoms with Crippen molar-refractivity contribution in [2.24, 2.45) is 0 Å². The van der Waals surface area contributed by atoms with Gasteiger partial charge in [0.2, 0.25) is 5.91 Å². The van der Waals surface area contributed by atoms with Crippen molar-refractivity contribution in [3.8, 4) is 11.5 Å². The molecule has 31 heavy (non-hydrogen) atoms. The number of ether oxygens (including phenoxy) is 2. The first kappa shape index (κ1) is 19.7. The second-order valence-corrected chi connectivity index (χ2v) is 8.16. The number of carbonyl (C=O) groups is 1. The predicted octanol–water partition coefficient (Wildman–Crippen LogP) is 3.35. The summed E-state index contributed by atoms with van der Waals surface area (Å²) in [4.78, 5) is 28.3. The zero-order valence-electron chi connectivity index (χ0n) is 17.8. The Hall–Kier alpha value is -3.22. The lowest BCUT2D eigenvalue weighted by molar-refractivity contribution is -0.132.